The average molecular weight is 634 g/mol. The lowest BCUT2D eigenvalue weighted by molar-refractivity contribution is -0.136. The maximum Gasteiger partial charge on any atom is 0.328 e. The number of nitrogens with zero attached hydrogens (tertiary/aromatic N) is 1. The summed E-state index contributed by atoms with van der Waals surface area (Å²) >= 11 is 15.6. The number of anilines is 1. The third-order valence-corrected chi connectivity index (χ3v) is 6.78. The van der Waals surface area contributed by atoms with Crippen molar-refractivity contribution in [3.63, 3.8) is 0 Å². The van der Waals surface area contributed by atoms with Gasteiger partial charge in [0.2, 0.25) is 0 Å². The first-order valence-electron chi connectivity index (χ1n) is 11.6. The van der Waals surface area contributed by atoms with E-state index in [1.165, 1.54) is 17.9 Å². The fraction of sp³-hybridized carbons (Fsp3) is 0.148. The molecule has 1 aromatic heterocycles. The van der Waals surface area contributed by atoms with Gasteiger partial charge in [-0.1, -0.05) is 45.2 Å². The number of fused-ring (bicyclic) bond motifs is 1. The van der Waals surface area contributed by atoms with Crippen LogP contribution >= 0.6 is 39.1 Å². The molecule has 202 valence electrons. The van der Waals surface area contributed by atoms with Crippen molar-refractivity contribution in [2.75, 3.05) is 31.5 Å². The Morgan fingerprint density at radius 3 is 2.38 bits per heavy atom. The lowest BCUT2D eigenvalue weighted by Gasteiger charge is -2.13. The molecule has 4 rings (SSSR count). The van der Waals surface area contributed by atoms with Crippen LogP contribution in [-0.2, 0) is 16.0 Å². The van der Waals surface area contributed by atoms with Gasteiger partial charge in [0.1, 0.15) is 5.69 Å². The molecule has 0 aliphatic rings. The number of methoxy groups -OCH3 is 2. The van der Waals surface area contributed by atoms with Crippen LogP contribution in [0.3, 0.4) is 0 Å². The molecular weight excluding hydrogens is 611 g/mol. The number of carbonyl (C=O) groups excluding carboxylic acids is 3. The molecule has 1 heterocycles. The van der Waals surface area contributed by atoms with E-state index in [1.807, 2.05) is 6.07 Å². The topological polar surface area (TPSA) is 111 Å². The molecule has 0 atom stereocenters. The largest absolute Gasteiger partial charge is 0.493 e. The summed E-state index contributed by atoms with van der Waals surface area (Å²) < 4.78 is 12.6. The lowest BCUT2D eigenvalue weighted by atomic mass is 10.1. The molecule has 0 unspecified atom stereocenters. The minimum absolute atomic E-state index is 0.0839. The van der Waals surface area contributed by atoms with Crippen molar-refractivity contribution in [3.05, 3.63) is 86.4 Å². The number of benzene rings is 3. The highest BCUT2D eigenvalue weighted by molar-refractivity contribution is 9.10. The Morgan fingerprint density at radius 1 is 0.897 bits per heavy atom. The van der Waals surface area contributed by atoms with Gasteiger partial charge in [0.25, 0.3) is 5.91 Å². The summed E-state index contributed by atoms with van der Waals surface area (Å²) in [5, 5.41) is 6.63. The van der Waals surface area contributed by atoms with E-state index in [4.69, 9.17) is 32.7 Å². The van der Waals surface area contributed by atoms with Crippen LogP contribution in [0.25, 0.3) is 10.9 Å². The molecule has 4 aromatic rings. The number of halogens is 3. The third-order valence-electron chi connectivity index (χ3n) is 5.74. The van der Waals surface area contributed by atoms with Gasteiger partial charge in [-0.05, 0) is 66.6 Å². The number of ether oxygens (including phenoxy) is 2. The van der Waals surface area contributed by atoms with E-state index in [9.17, 15) is 14.4 Å². The standard InChI is InChI=1S/C27H23BrCl2N4O5/c1-38-23-8-3-15(11-24(23)39-2)9-10-31-26(36)27(37)33-34-21-7-4-17(28)12-16(21)13-22(34)25(35)32-20-6-5-18(29)14-19(20)30/h3-8,11-14H,9-10H2,1-2H3,(H,31,36)(H,32,35)(H,33,37). The summed E-state index contributed by atoms with van der Waals surface area (Å²) in [4.78, 5) is 38.6. The van der Waals surface area contributed by atoms with Gasteiger partial charge in [0.05, 0.1) is 30.4 Å². The number of rotatable bonds is 8. The molecule has 0 aliphatic heterocycles. The zero-order valence-electron chi connectivity index (χ0n) is 20.8. The van der Waals surface area contributed by atoms with Crippen molar-refractivity contribution in [1.29, 1.82) is 0 Å². The van der Waals surface area contributed by atoms with E-state index in [0.29, 0.717) is 39.5 Å². The Kier molecular flexibility index (Phi) is 9.01. The van der Waals surface area contributed by atoms with E-state index >= 15 is 0 Å². The highest BCUT2D eigenvalue weighted by Crippen LogP contribution is 2.29. The first-order valence-corrected chi connectivity index (χ1v) is 13.1. The van der Waals surface area contributed by atoms with Crippen LogP contribution < -0.4 is 25.5 Å². The number of amides is 3. The molecule has 0 aliphatic carbocycles. The molecule has 0 spiro atoms. The number of nitrogens with one attached hydrogen (secondary N) is 3. The van der Waals surface area contributed by atoms with Crippen LogP contribution in [0.2, 0.25) is 10.0 Å². The SMILES string of the molecule is COc1ccc(CCNC(=O)C(=O)Nn2c(C(=O)Nc3ccc(Cl)cc3Cl)cc3cc(Br)ccc32)cc1OC. The Labute approximate surface area is 242 Å². The van der Waals surface area contributed by atoms with Gasteiger partial charge in [-0.3, -0.25) is 19.8 Å². The summed E-state index contributed by atoms with van der Waals surface area (Å²) in [5.41, 5.74) is 4.34. The predicted molar refractivity (Wildman–Crippen MR) is 155 cm³/mol. The second-order valence-corrected chi connectivity index (χ2v) is 10.0. The van der Waals surface area contributed by atoms with Gasteiger partial charge in [-0.2, -0.15) is 0 Å². The molecule has 3 N–H and O–H groups in total. The molecule has 0 saturated carbocycles. The minimum Gasteiger partial charge on any atom is -0.493 e. The summed E-state index contributed by atoms with van der Waals surface area (Å²) in [6.45, 7) is 0.198. The number of hydrogen-bond donors (Lipinski definition) is 3. The minimum atomic E-state index is -0.943. The van der Waals surface area contributed by atoms with Gasteiger partial charge in [-0.15, -0.1) is 0 Å². The Balaban J connectivity index is 1.49. The lowest BCUT2D eigenvalue weighted by Crippen LogP contribution is -2.40. The zero-order valence-corrected chi connectivity index (χ0v) is 23.9. The van der Waals surface area contributed by atoms with Crippen LogP contribution in [0.1, 0.15) is 16.1 Å². The van der Waals surface area contributed by atoms with E-state index in [2.05, 4.69) is 32.0 Å². The normalized spacial score (nSPS) is 10.7. The highest BCUT2D eigenvalue weighted by atomic mass is 79.9. The highest BCUT2D eigenvalue weighted by Gasteiger charge is 2.21. The Hall–Kier alpha value is -3.73. The second-order valence-electron chi connectivity index (χ2n) is 8.28. The number of hydrogen-bond acceptors (Lipinski definition) is 5. The quantitative estimate of drug-likeness (QED) is 0.225. The molecule has 0 fully saturated rings. The Morgan fingerprint density at radius 2 is 1.67 bits per heavy atom. The maximum absolute atomic E-state index is 13.2. The molecule has 3 amide bonds. The van der Waals surface area contributed by atoms with Crippen molar-refractivity contribution < 1.29 is 23.9 Å². The maximum atomic E-state index is 13.2. The summed E-state index contributed by atoms with van der Waals surface area (Å²) in [7, 11) is 3.08. The van der Waals surface area contributed by atoms with Crippen LogP contribution in [0.4, 0.5) is 5.69 Å². The molecule has 0 radical (unpaired) electrons. The molecule has 0 saturated heterocycles. The van der Waals surface area contributed by atoms with Gasteiger partial charge < -0.3 is 20.1 Å². The fourth-order valence-corrected chi connectivity index (χ4v) is 4.67. The van der Waals surface area contributed by atoms with Crippen molar-refractivity contribution in [1.82, 2.24) is 9.99 Å². The van der Waals surface area contributed by atoms with Crippen LogP contribution in [0, 0.1) is 0 Å². The van der Waals surface area contributed by atoms with Gasteiger partial charge >= 0.3 is 11.8 Å². The van der Waals surface area contributed by atoms with E-state index in [0.717, 1.165) is 10.0 Å². The summed E-state index contributed by atoms with van der Waals surface area (Å²) in [5.74, 6) is -1.20. The molecular formula is C27H23BrCl2N4O5. The monoisotopic (exact) mass is 632 g/mol. The Bertz CT molecular complexity index is 1570. The average Bonchev–Trinajstić information content (AvgIpc) is 3.27. The molecule has 39 heavy (non-hydrogen) atoms. The summed E-state index contributed by atoms with van der Waals surface area (Å²) in [6.07, 6.45) is 0.454. The smallest absolute Gasteiger partial charge is 0.328 e. The van der Waals surface area contributed by atoms with Crippen molar-refractivity contribution in [3.8, 4) is 11.5 Å². The van der Waals surface area contributed by atoms with E-state index in [1.54, 1.807) is 55.6 Å². The van der Waals surface area contributed by atoms with Gasteiger partial charge in [-0.25, -0.2) is 4.68 Å². The van der Waals surface area contributed by atoms with Crippen LogP contribution in [-0.4, -0.2) is 43.2 Å². The number of carbonyl (C=O) groups is 3. The van der Waals surface area contributed by atoms with Crippen LogP contribution in [0.5, 0.6) is 11.5 Å². The van der Waals surface area contributed by atoms with E-state index in [-0.39, 0.29) is 17.3 Å². The zero-order chi connectivity index (χ0) is 28.1. The van der Waals surface area contributed by atoms with Crippen molar-refractivity contribution in [2.24, 2.45) is 0 Å². The molecule has 3 aromatic carbocycles. The first kappa shape index (κ1) is 28.3. The van der Waals surface area contributed by atoms with Crippen molar-refractivity contribution >= 4 is 73.4 Å². The summed E-state index contributed by atoms with van der Waals surface area (Å²) in [6, 6.07) is 16.9. The van der Waals surface area contributed by atoms with Crippen molar-refractivity contribution in [2.45, 2.75) is 6.42 Å². The van der Waals surface area contributed by atoms with Gasteiger partial charge in [0, 0.05) is 21.4 Å². The molecule has 0 bridgehead atoms. The first-order chi connectivity index (χ1) is 18.7. The second kappa shape index (κ2) is 12.4. The van der Waals surface area contributed by atoms with E-state index < -0.39 is 17.7 Å². The molecule has 12 heteroatoms. The van der Waals surface area contributed by atoms with Crippen LogP contribution in [0.15, 0.2) is 65.1 Å². The van der Waals surface area contributed by atoms with Gasteiger partial charge in [0.15, 0.2) is 11.5 Å². The third kappa shape index (κ3) is 6.65. The molecule has 9 nitrogen and oxygen atoms in total. The number of aromatic nitrogens is 1. The fourth-order valence-electron chi connectivity index (χ4n) is 3.84. The predicted octanol–water partition coefficient (Wildman–Crippen LogP) is 5.41.